The molecule has 0 aliphatic carbocycles. The Bertz CT molecular complexity index is 1070. The first-order valence-electron chi connectivity index (χ1n) is 10.1. The molecule has 6 nitrogen and oxygen atoms in total. The first-order chi connectivity index (χ1) is 15.4. The van der Waals surface area contributed by atoms with Crippen molar-refractivity contribution >= 4 is 12.0 Å². The van der Waals surface area contributed by atoms with Gasteiger partial charge in [0.15, 0.2) is 11.6 Å². The van der Waals surface area contributed by atoms with Crippen molar-refractivity contribution in [2.75, 3.05) is 13.2 Å². The number of aromatic nitrogens is 1. The number of hydrogen-bond acceptors (Lipinski definition) is 5. The standard InChI is InChI=1S/C25H25FN2O4/c1-17-5-3-6-18(2)25(17)31-16-20(29)14-28-24(30)11-9-19-8-10-23(22(26)13-19)32-21-7-4-12-27-15-21/h3-13,15,20,29H,14,16H2,1-2H3,(H,28,30)/b11-9+. The number of halogens is 1. The molecule has 1 aromatic heterocycles. The number of para-hydroxylation sites is 1. The van der Waals surface area contributed by atoms with E-state index in [0.29, 0.717) is 11.3 Å². The lowest BCUT2D eigenvalue weighted by Gasteiger charge is -2.15. The summed E-state index contributed by atoms with van der Waals surface area (Å²) < 4.78 is 25.4. The maximum absolute atomic E-state index is 14.3. The molecule has 0 aliphatic rings. The van der Waals surface area contributed by atoms with Gasteiger partial charge in [-0.3, -0.25) is 9.78 Å². The van der Waals surface area contributed by atoms with Gasteiger partial charge in [0.1, 0.15) is 24.2 Å². The molecular weight excluding hydrogens is 411 g/mol. The smallest absolute Gasteiger partial charge is 0.244 e. The Morgan fingerprint density at radius 1 is 1.19 bits per heavy atom. The zero-order chi connectivity index (χ0) is 22.9. The molecule has 3 aromatic rings. The third kappa shape index (κ3) is 6.65. The number of ether oxygens (including phenoxy) is 2. The summed E-state index contributed by atoms with van der Waals surface area (Å²) in [7, 11) is 0. The van der Waals surface area contributed by atoms with Crippen molar-refractivity contribution in [3.8, 4) is 17.2 Å². The van der Waals surface area contributed by atoms with E-state index < -0.39 is 17.8 Å². The van der Waals surface area contributed by atoms with Gasteiger partial charge >= 0.3 is 0 Å². The van der Waals surface area contributed by atoms with Gasteiger partial charge in [0, 0.05) is 18.8 Å². The third-order valence-corrected chi connectivity index (χ3v) is 4.59. The number of carbonyl (C=O) groups excluding carboxylic acids is 1. The predicted octanol–water partition coefficient (Wildman–Crippen LogP) is 4.20. The number of nitrogens with one attached hydrogen (secondary N) is 1. The van der Waals surface area contributed by atoms with Crippen LogP contribution in [0, 0.1) is 19.7 Å². The largest absolute Gasteiger partial charge is 0.490 e. The zero-order valence-electron chi connectivity index (χ0n) is 17.9. The van der Waals surface area contributed by atoms with Crippen LogP contribution in [0.2, 0.25) is 0 Å². The van der Waals surface area contributed by atoms with Crippen molar-refractivity contribution in [1.29, 1.82) is 0 Å². The van der Waals surface area contributed by atoms with Gasteiger partial charge in [-0.15, -0.1) is 0 Å². The fourth-order valence-corrected chi connectivity index (χ4v) is 2.95. The Hall–Kier alpha value is -3.71. The van der Waals surface area contributed by atoms with Crippen LogP contribution in [0.5, 0.6) is 17.2 Å². The molecular formula is C25H25FN2O4. The third-order valence-electron chi connectivity index (χ3n) is 4.59. The van der Waals surface area contributed by atoms with E-state index >= 15 is 0 Å². The van der Waals surface area contributed by atoms with Crippen LogP contribution in [0.15, 0.2) is 67.0 Å². The lowest BCUT2D eigenvalue weighted by Crippen LogP contribution is -2.34. The van der Waals surface area contributed by atoms with Crippen LogP contribution in [-0.2, 0) is 4.79 Å². The van der Waals surface area contributed by atoms with Crippen molar-refractivity contribution in [2.24, 2.45) is 0 Å². The van der Waals surface area contributed by atoms with Gasteiger partial charge < -0.3 is 19.9 Å². The van der Waals surface area contributed by atoms with Crippen LogP contribution in [0.1, 0.15) is 16.7 Å². The zero-order valence-corrected chi connectivity index (χ0v) is 17.9. The van der Waals surface area contributed by atoms with Gasteiger partial charge in [-0.2, -0.15) is 0 Å². The van der Waals surface area contributed by atoms with Crippen LogP contribution in [0.25, 0.3) is 6.08 Å². The molecule has 2 N–H and O–H groups in total. The normalized spacial score (nSPS) is 11.9. The topological polar surface area (TPSA) is 80.7 Å². The van der Waals surface area contributed by atoms with E-state index in [2.05, 4.69) is 10.3 Å². The number of amides is 1. The highest BCUT2D eigenvalue weighted by Gasteiger charge is 2.10. The van der Waals surface area contributed by atoms with Crippen LogP contribution < -0.4 is 14.8 Å². The number of carbonyl (C=O) groups is 1. The molecule has 3 rings (SSSR count). The average Bonchev–Trinajstić information content (AvgIpc) is 2.78. The number of hydrogen-bond donors (Lipinski definition) is 2. The van der Waals surface area contributed by atoms with Gasteiger partial charge in [-0.05, 0) is 60.9 Å². The van der Waals surface area contributed by atoms with Gasteiger partial charge in [-0.25, -0.2) is 4.39 Å². The Labute approximate surface area is 186 Å². The van der Waals surface area contributed by atoms with E-state index in [9.17, 15) is 14.3 Å². The maximum atomic E-state index is 14.3. The second-order valence-electron chi connectivity index (χ2n) is 7.24. The Kier molecular flexibility index (Phi) is 7.94. The lowest BCUT2D eigenvalue weighted by molar-refractivity contribution is -0.117. The van der Waals surface area contributed by atoms with Crippen LogP contribution in [0.3, 0.4) is 0 Å². The van der Waals surface area contributed by atoms with Crippen molar-refractivity contribution in [3.63, 3.8) is 0 Å². The fraction of sp³-hybridized carbons (Fsp3) is 0.200. The molecule has 0 aliphatic heterocycles. The fourth-order valence-electron chi connectivity index (χ4n) is 2.95. The van der Waals surface area contributed by atoms with Gasteiger partial charge in [0.05, 0.1) is 6.20 Å². The Balaban J connectivity index is 1.47. The second kappa shape index (κ2) is 11.1. The molecule has 166 valence electrons. The maximum Gasteiger partial charge on any atom is 0.244 e. The summed E-state index contributed by atoms with van der Waals surface area (Å²) in [5, 5.41) is 12.7. The number of rotatable bonds is 9. The number of benzene rings is 2. The summed E-state index contributed by atoms with van der Waals surface area (Å²) in [6.07, 6.45) is 4.97. The monoisotopic (exact) mass is 436 g/mol. The minimum absolute atomic E-state index is 0.0281. The second-order valence-corrected chi connectivity index (χ2v) is 7.24. The summed E-state index contributed by atoms with van der Waals surface area (Å²) in [4.78, 5) is 15.9. The molecule has 0 saturated heterocycles. The summed E-state index contributed by atoms with van der Waals surface area (Å²) in [5.74, 6) is 0.249. The minimum atomic E-state index is -0.868. The van der Waals surface area contributed by atoms with Crippen LogP contribution in [0.4, 0.5) is 4.39 Å². The highest BCUT2D eigenvalue weighted by molar-refractivity contribution is 5.91. The van der Waals surface area contributed by atoms with E-state index in [1.165, 1.54) is 30.5 Å². The van der Waals surface area contributed by atoms with Gasteiger partial charge in [-0.1, -0.05) is 24.3 Å². The van der Waals surface area contributed by atoms with E-state index in [-0.39, 0.29) is 18.9 Å². The van der Waals surface area contributed by atoms with E-state index in [0.717, 1.165) is 16.9 Å². The number of aliphatic hydroxyl groups is 1. The SMILES string of the molecule is Cc1cccc(C)c1OCC(O)CNC(=O)/C=C/c1ccc(Oc2cccnc2)c(F)c1. The van der Waals surface area contributed by atoms with Crippen molar-refractivity contribution < 1.29 is 23.8 Å². The number of aryl methyl sites for hydroxylation is 2. The van der Waals surface area contributed by atoms with Crippen LogP contribution in [-0.4, -0.2) is 35.3 Å². The van der Waals surface area contributed by atoms with Gasteiger partial charge in [0.2, 0.25) is 5.91 Å². The molecule has 1 amide bonds. The molecule has 1 unspecified atom stereocenters. The molecule has 1 atom stereocenters. The summed E-state index contributed by atoms with van der Waals surface area (Å²) >= 11 is 0. The van der Waals surface area contributed by atoms with Crippen LogP contribution >= 0.6 is 0 Å². The summed E-state index contributed by atoms with van der Waals surface area (Å²) in [5.41, 5.74) is 2.46. The Morgan fingerprint density at radius 3 is 2.66 bits per heavy atom. The van der Waals surface area contributed by atoms with E-state index in [4.69, 9.17) is 9.47 Å². The molecule has 0 fully saturated rings. The van der Waals surface area contributed by atoms with Gasteiger partial charge in [0.25, 0.3) is 0 Å². The minimum Gasteiger partial charge on any atom is -0.490 e. The number of nitrogens with zero attached hydrogens (tertiary/aromatic N) is 1. The molecule has 0 spiro atoms. The summed E-state index contributed by atoms with van der Waals surface area (Å²) in [6, 6.07) is 13.5. The van der Waals surface area contributed by atoms with Crippen molar-refractivity contribution in [1.82, 2.24) is 10.3 Å². The predicted molar refractivity (Wildman–Crippen MR) is 120 cm³/mol. The average molecular weight is 436 g/mol. The summed E-state index contributed by atoms with van der Waals surface area (Å²) in [6.45, 7) is 3.95. The first kappa shape index (κ1) is 23.0. The highest BCUT2D eigenvalue weighted by Crippen LogP contribution is 2.25. The quantitative estimate of drug-likeness (QED) is 0.492. The molecule has 32 heavy (non-hydrogen) atoms. The molecule has 0 saturated carbocycles. The molecule has 7 heteroatoms. The molecule has 1 heterocycles. The molecule has 0 radical (unpaired) electrons. The highest BCUT2D eigenvalue weighted by atomic mass is 19.1. The van der Waals surface area contributed by atoms with E-state index in [1.54, 1.807) is 24.4 Å². The van der Waals surface area contributed by atoms with E-state index in [1.807, 2.05) is 32.0 Å². The molecule has 0 bridgehead atoms. The van der Waals surface area contributed by atoms with Crippen molar-refractivity contribution in [3.05, 3.63) is 89.5 Å². The Morgan fingerprint density at radius 2 is 1.97 bits per heavy atom. The van der Waals surface area contributed by atoms with Crippen molar-refractivity contribution in [2.45, 2.75) is 20.0 Å². The number of pyridine rings is 1. The number of aliphatic hydroxyl groups excluding tert-OH is 1. The molecule has 2 aromatic carbocycles. The first-order valence-corrected chi connectivity index (χ1v) is 10.1. The lowest BCUT2D eigenvalue weighted by atomic mass is 10.1.